The van der Waals surface area contributed by atoms with Gasteiger partial charge in [0.15, 0.2) is 0 Å². The second-order valence-corrected chi connectivity index (χ2v) is 8.25. The van der Waals surface area contributed by atoms with Crippen LogP contribution < -0.4 is 5.32 Å². The van der Waals surface area contributed by atoms with Crippen molar-refractivity contribution in [2.24, 2.45) is 4.99 Å². The Bertz CT molecular complexity index is 914. The Labute approximate surface area is 176 Å². The zero-order chi connectivity index (χ0) is 21.0. The van der Waals surface area contributed by atoms with Gasteiger partial charge in [0.2, 0.25) is 0 Å². The third-order valence-electron chi connectivity index (χ3n) is 5.81. The van der Waals surface area contributed by atoms with Gasteiger partial charge in [-0.3, -0.25) is 4.99 Å². The van der Waals surface area contributed by atoms with E-state index in [1.807, 2.05) is 7.05 Å². The zero-order valence-corrected chi connectivity index (χ0v) is 18.9. The van der Waals surface area contributed by atoms with Gasteiger partial charge in [0.1, 0.15) is 0 Å². The van der Waals surface area contributed by atoms with Crippen molar-refractivity contribution in [1.82, 2.24) is 10.2 Å². The van der Waals surface area contributed by atoms with Crippen molar-refractivity contribution >= 4 is 17.1 Å². The van der Waals surface area contributed by atoms with Crippen LogP contribution in [0.5, 0.6) is 0 Å². The lowest BCUT2D eigenvalue weighted by molar-refractivity contribution is 0.469. The van der Waals surface area contributed by atoms with Gasteiger partial charge < -0.3 is 10.2 Å². The van der Waals surface area contributed by atoms with Crippen molar-refractivity contribution in [1.29, 1.82) is 0 Å². The molecule has 0 amide bonds. The number of hydrogen-bond acceptors (Lipinski definition) is 3. The molecule has 0 aliphatic carbocycles. The van der Waals surface area contributed by atoms with E-state index < -0.39 is 0 Å². The van der Waals surface area contributed by atoms with E-state index in [0.717, 1.165) is 43.8 Å². The molecule has 0 radical (unpaired) electrons. The summed E-state index contributed by atoms with van der Waals surface area (Å²) >= 11 is 0. The van der Waals surface area contributed by atoms with Gasteiger partial charge in [0, 0.05) is 43.5 Å². The lowest BCUT2D eigenvalue weighted by Gasteiger charge is -2.30. The fourth-order valence-corrected chi connectivity index (χ4v) is 4.19. The Kier molecular flexibility index (Phi) is 6.92. The summed E-state index contributed by atoms with van der Waals surface area (Å²) in [7, 11) is 4.20. The molecule has 0 unspecified atom stereocenters. The smallest absolute Gasteiger partial charge is 0.0691 e. The van der Waals surface area contributed by atoms with Crippen LogP contribution in [0.4, 0.5) is 5.69 Å². The largest absolute Gasteiger partial charge is 0.374 e. The van der Waals surface area contributed by atoms with Crippen molar-refractivity contribution in [2.75, 3.05) is 27.2 Å². The lowest BCUT2D eigenvalue weighted by Crippen LogP contribution is -2.26. The number of aryl methyl sites for hydroxylation is 4. The monoisotopic (exact) mass is 389 g/mol. The van der Waals surface area contributed by atoms with Crippen molar-refractivity contribution in [3.05, 3.63) is 69.8 Å². The van der Waals surface area contributed by atoms with Crippen LogP contribution >= 0.6 is 0 Å². The topological polar surface area (TPSA) is 27.6 Å². The number of allylic oxidation sites excluding steroid dienone is 1. The van der Waals surface area contributed by atoms with Crippen LogP contribution in [0.25, 0.3) is 5.70 Å². The molecule has 0 saturated heterocycles. The van der Waals surface area contributed by atoms with Gasteiger partial charge in [-0.25, -0.2) is 0 Å². The summed E-state index contributed by atoms with van der Waals surface area (Å²) in [4.78, 5) is 7.52. The van der Waals surface area contributed by atoms with Crippen LogP contribution in [0.3, 0.4) is 0 Å². The maximum absolute atomic E-state index is 5.15. The summed E-state index contributed by atoms with van der Waals surface area (Å²) in [5.74, 6) is 0. The van der Waals surface area contributed by atoms with E-state index in [2.05, 4.69) is 81.4 Å². The predicted octanol–water partition coefficient (Wildman–Crippen LogP) is 5.39. The molecular weight excluding hydrogens is 354 g/mol. The van der Waals surface area contributed by atoms with Crippen molar-refractivity contribution in [2.45, 2.75) is 47.0 Å². The van der Waals surface area contributed by atoms with E-state index in [4.69, 9.17) is 4.99 Å². The minimum absolute atomic E-state index is 0.906. The Morgan fingerprint density at radius 3 is 2.52 bits per heavy atom. The highest BCUT2D eigenvalue weighted by Gasteiger charge is 2.19. The van der Waals surface area contributed by atoms with E-state index in [1.54, 1.807) is 0 Å². The SMILES string of the molecule is CCc1ccc2c(c1)CCN(C)/C2=C\C(CCNC)=Nc1c(C)cc(C)cc1C. The van der Waals surface area contributed by atoms with E-state index in [0.29, 0.717) is 0 Å². The molecule has 2 aromatic rings. The highest BCUT2D eigenvalue weighted by atomic mass is 15.1. The molecular formula is C26H35N3. The Morgan fingerprint density at radius 1 is 1.14 bits per heavy atom. The average molecular weight is 390 g/mol. The quantitative estimate of drug-likeness (QED) is 0.671. The first kappa shape index (κ1) is 21.3. The second kappa shape index (κ2) is 9.41. The molecule has 1 aliphatic rings. The van der Waals surface area contributed by atoms with E-state index >= 15 is 0 Å². The summed E-state index contributed by atoms with van der Waals surface area (Å²) < 4.78 is 0. The summed E-state index contributed by atoms with van der Waals surface area (Å²) in [5, 5.41) is 3.28. The highest BCUT2D eigenvalue weighted by molar-refractivity contribution is 6.02. The van der Waals surface area contributed by atoms with Crippen molar-refractivity contribution in [3.63, 3.8) is 0 Å². The highest BCUT2D eigenvalue weighted by Crippen LogP contribution is 2.30. The third-order valence-corrected chi connectivity index (χ3v) is 5.81. The summed E-state index contributed by atoms with van der Waals surface area (Å²) in [6, 6.07) is 11.4. The number of aliphatic imine (C=N–C) groups is 1. The number of likely N-dealkylation sites (N-methyl/N-ethyl adjacent to an activating group) is 1. The molecule has 0 aromatic heterocycles. The minimum Gasteiger partial charge on any atom is -0.374 e. The molecule has 1 N–H and O–H groups in total. The predicted molar refractivity (Wildman–Crippen MR) is 126 cm³/mol. The van der Waals surface area contributed by atoms with Crippen LogP contribution in [-0.4, -0.2) is 37.8 Å². The standard InChI is InChI=1S/C26H35N3/c1-7-21-8-9-24-22(16-21)11-13-29(6)25(24)17-23(10-12-27-5)28-26-19(3)14-18(2)15-20(26)4/h8-9,14-17,27H,7,10-13H2,1-6H3/b25-17-,28-23?. The number of benzene rings is 2. The maximum Gasteiger partial charge on any atom is 0.0691 e. The van der Waals surface area contributed by atoms with Gasteiger partial charge in [-0.1, -0.05) is 42.8 Å². The summed E-state index contributed by atoms with van der Waals surface area (Å²) in [6.45, 7) is 10.7. The second-order valence-electron chi connectivity index (χ2n) is 8.25. The van der Waals surface area contributed by atoms with Crippen LogP contribution in [0, 0.1) is 20.8 Å². The van der Waals surface area contributed by atoms with Gasteiger partial charge in [-0.05, 0) is 69.0 Å². The number of nitrogens with one attached hydrogen (secondary N) is 1. The van der Waals surface area contributed by atoms with Crippen LogP contribution in [0.15, 0.2) is 41.4 Å². The first-order chi connectivity index (χ1) is 13.9. The Balaban J connectivity index is 2.08. The molecule has 3 heteroatoms. The van der Waals surface area contributed by atoms with Crippen molar-refractivity contribution in [3.8, 4) is 0 Å². The molecule has 3 nitrogen and oxygen atoms in total. The molecule has 0 fully saturated rings. The number of nitrogens with zero attached hydrogens (tertiary/aromatic N) is 2. The number of rotatable bonds is 6. The number of fused-ring (bicyclic) bond motifs is 1. The van der Waals surface area contributed by atoms with Gasteiger partial charge in [0.25, 0.3) is 0 Å². The van der Waals surface area contributed by atoms with Gasteiger partial charge >= 0.3 is 0 Å². The summed E-state index contributed by atoms with van der Waals surface area (Å²) in [5.41, 5.74) is 11.5. The molecule has 3 rings (SSSR count). The van der Waals surface area contributed by atoms with Crippen LogP contribution in [-0.2, 0) is 12.8 Å². The van der Waals surface area contributed by atoms with Gasteiger partial charge in [0.05, 0.1) is 5.69 Å². The number of hydrogen-bond donors (Lipinski definition) is 1. The normalized spacial score (nSPS) is 15.7. The molecule has 1 aliphatic heterocycles. The van der Waals surface area contributed by atoms with Crippen LogP contribution in [0.2, 0.25) is 0 Å². The van der Waals surface area contributed by atoms with Gasteiger partial charge in [-0.15, -0.1) is 0 Å². The molecule has 0 bridgehead atoms. The molecule has 29 heavy (non-hydrogen) atoms. The molecule has 2 aromatic carbocycles. The fourth-order valence-electron chi connectivity index (χ4n) is 4.19. The summed E-state index contributed by atoms with van der Waals surface area (Å²) in [6.07, 6.45) is 5.40. The minimum atomic E-state index is 0.906. The van der Waals surface area contributed by atoms with Gasteiger partial charge in [-0.2, -0.15) is 0 Å². The maximum atomic E-state index is 5.15. The molecule has 0 atom stereocenters. The zero-order valence-electron chi connectivity index (χ0n) is 18.9. The van der Waals surface area contributed by atoms with E-state index in [1.165, 1.54) is 39.1 Å². The van der Waals surface area contributed by atoms with Crippen LogP contribution in [0.1, 0.15) is 46.7 Å². The lowest BCUT2D eigenvalue weighted by atomic mass is 9.93. The molecule has 0 spiro atoms. The molecule has 0 saturated carbocycles. The Hall–Kier alpha value is -2.39. The first-order valence-corrected chi connectivity index (χ1v) is 10.8. The van der Waals surface area contributed by atoms with E-state index in [-0.39, 0.29) is 0 Å². The average Bonchev–Trinajstić information content (AvgIpc) is 2.69. The van der Waals surface area contributed by atoms with Crippen molar-refractivity contribution < 1.29 is 0 Å². The Morgan fingerprint density at radius 2 is 1.86 bits per heavy atom. The first-order valence-electron chi connectivity index (χ1n) is 10.8. The molecule has 1 heterocycles. The molecule has 154 valence electrons. The fraction of sp³-hybridized carbons (Fsp3) is 0.423. The third kappa shape index (κ3) is 4.97. The van der Waals surface area contributed by atoms with E-state index in [9.17, 15) is 0 Å².